The van der Waals surface area contributed by atoms with Crippen LogP contribution >= 0.6 is 0 Å². The van der Waals surface area contributed by atoms with Crippen molar-refractivity contribution in [3.8, 4) is 17.5 Å². The predicted octanol–water partition coefficient (Wildman–Crippen LogP) is 4.32. The Morgan fingerprint density at radius 2 is 2.07 bits per heavy atom. The van der Waals surface area contributed by atoms with Gasteiger partial charge in [0.2, 0.25) is 0 Å². The van der Waals surface area contributed by atoms with Crippen LogP contribution < -0.4 is 19.7 Å². The van der Waals surface area contributed by atoms with Crippen LogP contribution in [-0.4, -0.2) is 33.5 Å². The summed E-state index contributed by atoms with van der Waals surface area (Å²) < 4.78 is 51.0. The number of alkyl halides is 3. The number of aromatic nitrogens is 3. The van der Waals surface area contributed by atoms with Gasteiger partial charge in [0, 0.05) is 31.7 Å². The zero-order valence-corrected chi connectivity index (χ0v) is 16.3. The molecule has 0 fully saturated rings. The maximum atomic E-state index is 12.8. The number of nitrogens with zero attached hydrogens (tertiary/aromatic N) is 4. The molecule has 3 aromatic rings. The fraction of sp³-hybridized carbons (Fsp3) is 0.300. The van der Waals surface area contributed by atoms with Gasteiger partial charge in [0.05, 0.1) is 5.69 Å². The summed E-state index contributed by atoms with van der Waals surface area (Å²) in [6.07, 6.45) is 1.38. The third-order valence-electron chi connectivity index (χ3n) is 4.64. The van der Waals surface area contributed by atoms with Crippen molar-refractivity contribution < 1.29 is 22.6 Å². The third-order valence-corrected chi connectivity index (χ3v) is 4.64. The van der Waals surface area contributed by atoms with E-state index in [4.69, 9.17) is 9.47 Å². The van der Waals surface area contributed by atoms with E-state index in [1.807, 2.05) is 11.8 Å². The van der Waals surface area contributed by atoms with E-state index in [1.165, 1.54) is 6.07 Å². The molecule has 3 heterocycles. The molecule has 10 heteroatoms. The minimum Gasteiger partial charge on any atom is -0.482 e. The van der Waals surface area contributed by atoms with Gasteiger partial charge in [0.1, 0.15) is 23.2 Å². The second kappa shape index (κ2) is 7.77. The molecule has 30 heavy (non-hydrogen) atoms. The van der Waals surface area contributed by atoms with Gasteiger partial charge < -0.3 is 19.7 Å². The molecule has 158 valence electrons. The molecule has 4 rings (SSSR count). The molecule has 7 nitrogen and oxygen atoms in total. The molecule has 0 aliphatic carbocycles. The first-order chi connectivity index (χ1) is 14.4. The lowest BCUT2D eigenvalue weighted by molar-refractivity contribution is -0.153. The number of aryl methyl sites for hydroxylation is 1. The quantitative estimate of drug-likeness (QED) is 0.642. The van der Waals surface area contributed by atoms with Gasteiger partial charge in [-0.05, 0) is 30.7 Å². The number of halogens is 3. The van der Waals surface area contributed by atoms with Gasteiger partial charge >= 0.3 is 12.2 Å². The van der Waals surface area contributed by atoms with Crippen molar-refractivity contribution in [2.75, 3.05) is 11.5 Å². The monoisotopic (exact) mass is 419 g/mol. The van der Waals surface area contributed by atoms with Crippen LogP contribution in [0.25, 0.3) is 11.2 Å². The zero-order chi connectivity index (χ0) is 21.3. The maximum Gasteiger partial charge on any atom is 0.422 e. The van der Waals surface area contributed by atoms with Crippen LogP contribution in [0.1, 0.15) is 13.3 Å². The Morgan fingerprint density at radius 1 is 1.23 bits per heavy atom. The average Bonchev–Trinajstić information content (AvgIpc) is 3.31. The van der Waals surface area contributed by atoms with E-state index in [2.05, 4.69) is 15.3 Å². The van der Waals surface area contributed by atoms with Crippen molar-refractivity contribution in [2.24, 2.45) is 7.05 Å². The molecular formula is C20H20F3N5O2. The van der Waals surface area contributed by atoms with Crippen LogP contribution in [0, 0.1) is 0 Å². The minimum atomic E-state index is -4.46. The largest absolute Gasteiger partial charge is 0.482 e. The van der Waals surface area contributed by atoms with Crippen molar-refractivity contribution in [3.63, 3.8) is 0 Å². The van der Waals surface area contributed by atoms with E-state index in [9.17, 15) is 13.2 Å². The van der Waals surface area contributed by atoms with Crippen LogP contribution in [0.4, 0.5) is 18.9 Å². The van der Waals surface area contributed by atoms with Crippen molar-refractivity contribution in [1.82, 2.24) is 19.9 Å². The van der Waals surface area contributed by atoms with Gasteiger partial charge in [0.15, 0.2) is 12.3 Å². The van der Waals surface area contributed by atoms with Crippen molar-refractivity contribution >= 4 is 16.9 Å². The lowest BCUT2D eigenvalue weighted by Gasteiger charge is -2.27. The minimum absolute atomic E-state index is 0.0634. The van der Waals surface area contributed by atoms with Gasteiger partial charge in [-0.3, -0.25) is 4.57 Å². The SMILES string of the molecule is CCC1NC=CN1c1ccc(Oc2nc3cccnc3n2C)cc1OCC(F)(F)F. The Hall–Kier alpha value is -3.43. The lowest BCUT2D eigenvalue weighted by atomic mass is 10.2. The number of rotatable bonds is 6. The Morgan fingerprint density at radius 3 is 2.80 bits per heavy atom. The fourth-order valence-corrected chi connectivity index (χ4v) is 3.23. The summed E-state index contributed by atoms with van der Waals surface area (Å²) in [4.78, 5) is 10.5. The number of pyridine rings is 1. The van der Waals surface area contributed by atoms with Gasteiger partial charge in [-0.1, -0.05) is 6.92 Å². The van der Waals surface area contributed by atoms with Gasteiger partial charge in [-0.15, -0.1) is 0 Å². The molecule has 1 aliphatic rings. The van der Waals surface area contributed by atoms with Crippen LogP contribution in [-0.2, 0) is 7.05 Å². The van der Waals surface area contributed by atoms with Gasteiger partial charge in [-0.25, -0.2) is 4.98 Å². The lowest BCUT2D eigenvalue weighted by Crippen LogP contribution is -2.34. The molecule has 1 unspecified atom stereocenters. The van der Waals surface area contributed by atoms with Crippen LogP contribution in [0.3, 0.4) is 0 Å². The molecule has 0 bridgehead atoms. The second-order valence-electron chi connectivity index (χ2n) is 6.75. The van der Waals surface area contributed by atoms with Crippen molar-refractivity contribution in [3.05, 3.63) is 48.9 Å². The fourth-order valence-electron chi connectivity index (χ4n) is 3.23. The molecule has 1 aliphatic heterocycles. The number of imidazole rings is 1. The third kappa shape index (κ3) is 3.98. The average molecular weight is 419 g/mol. The number of hydrogen-bond donors (Lipinski definition) is 1. The summed E-state index contributed by atoms with van der Waals surface area (Å²) in [6.45, 7) is 0.576. The summed E-state index contributed by atoms with van der Waals surface area (Å²) in [6, 6.07) is 8.61. The molecule has 0 spiro atoms. The first-order valence-corrected chi connectivity index (χ1v) is 9.35. The number of benzene rings is 1. The standard InChI is InChI=1S/C20H20F3N5O2/c1-3-17-24-9-10-28(17)15-7-6-13(11-16(15)29-12-20(21,22)23)30-19-26-14-5-4-8-25-18(14)27(19)2/h4-11,17,24H,3,12H2,1-2H3. The number of nitrogens with one attached hydrogen (secondary N) is 1. The molecule has 1 atom stereocenters. The molecule has 0 saturated carbocycles. The first kappa shape index (κ1) is 19.9. The Balaban J connectivity index is 1.66. The topological polar surface area (TPSA) is 64.4 Å². The highest BCUT2D eigenvalue weighted by Gasteiger charge is 2.30. The molecule has 1 N–H and O–H groups in total. The van der Waals surface area contributed by atoms with Crippen LogP contribution in [0.15, 0.2) is 48.9 Å². The van der Waals surface area contributed by atoms with Gasteiger partial charge in [-0.2, -0.15) is 18.2 Å². The van der Waals surface area contributed by atoms with Crippen LogP contribution in [0.5, 0.6) is 17.5 Å². The van der Waals surface area contributed by atoms with Crippen LogP contribution in [0.2, 0.25) is 0 Å². The molecule has 0 saturated heterocycles. The number of anilines is 1. The summed E-state index contributed by atoms with van der Waals surface area (Å²) in [5.41, 5.74) is 1.79. The Labute approximate surface area is 170 Å². The highest BCUT2D eigenvalue weighted by molar-refractivity contribution is 5.72. The van der Waals surface area contributed by atoms with E-state index >= 15 is 0 Å². The summed E-state index contributed by atoms with van der Waals surface area (Å²) >= 11 is 0. The van der Waals surface area contributed by atoms with E-state index in [-0.39, 0.29) is 17.9 Å². The van der Waals surface area contributed by atoms with E-state index in [1.54, 1.807) is 54.5 Å². The molecular weight excluding hydrogens is 399 g/mol. The smallest absolute Gasteiger partial charge is 0.422 e. The van der Waals surface area contributed by atoms with Gasteiger partial charge in [0.25, 0.3) is 0 Å². The highest BCUT2D eigenvalue weighted by Crippen LogP contribution is 2.37. The summed E-state index contributed by atoms with van der Waals surface area (Å²) in [7, 11) is 1.75. The van der Waals surface area contributed by atoms with E-state index in [0.717, 1.165) is 6.42 Å². The maximum absolute atomic E-state index is 12.8. The normalized spacial score (nSPS) is 16.2. The molecule has 1 aromatic carbocycles. The highest BCUT2D eigenvalue weighted by atomic mass is 19.4. The molecule has 0 amide bonds. The summed E-state index contributed by atoms with van der Waals surface area (Å²) in [5.74, 6) is 0.368. The number of fused-ring (bicyclic) bond motifs is 1. The predicted molar refractivity (Wildman–Crippen MR) is 105 cm³/mol. The van der Waals surface area contributed by atoms with E-state index in [0.29, 0.717) is 22.6 Å². The Kier molecular flexibility index (Phi) is 5.15. The second-order valence-corrected chi connectivity index (χ2v) is 6.75. The Bertz CT molecular complexity index is 1080. The number of ether oxygens (including phenoxy) is 2. The van der Waals surface area contributed by atoms with E-state index < -0.39 is 12.8 Å². The number of hydrogen-bond acceptors (Lipinski definition) is 6. The molecule has 0 radical (unpaired) electrons. The van der Waals surface area contributed by atoms with Crippen molar-refractivity contribution in [1.29, 1.82) is 0 Å². The van der Waals surface area contributed by atoms with Crippen molar-refractivity contribution in [2.45, 2.75) is 25.7 Å². The molecule has 2 aromatic heterocycles. The zero-order valence-electron chi connectivity index (χ0n) is 16.3. The summed E-state index contributed by atoms with van der Waals surface area (Å²) in [5, 5.41) is 3.15. The first-order valence-electron chi connectivity index (χ1n) is 9.35.